The average Bonchev–Trinajstić information content (AvgIpc) is 3.54. The van der Waals surface area contributed by atoms with E-state index in [4.69, 9.17) is 10.8 Å². The van der Waals surface area contributed by atoms with Crippen molar-refractivity contribution < 1.29 is 4.79 Å². The molecule has 3 aromatic rings. The Kier molecular flexibility index (Phi) is 4.59. The number of amides is 2. The first-order valence-corrected chi connectivity index (χ1v) is 11.7. The number of nitrogen functional groups attached to an aromatic ring is 1. The van der Waals surface area contributed by atoms with Crippen molar-refractivity contribution in [3.8, 4) is 17.3 Å². The van der Waals surface area contributed by atoms with Gasteiger partial charge in [0, 0.05) is 48.7 Å². The molecule has 1 aliphatic carbocycles. The number of carbonyl (C=O) groups is 1. The fourth-order valence-electron chi connectivity index (χ4n) is 5.67. The number of hydrogen-bond donors (Lipinski definition) is 2. The molecule has 1 atom stereocenters. The molecule has 5 heterocycles. The van der Waals surface area contributed by atoms with Gasteiger partial charge >= 0.3 is 6.03 Å². The largest absolute Gasteiger partial charge is 0.383 e. The Morgan fingerprint density at radius 2 is 2.00 bits per heavy atom. The fourth-order valence-corrected chi connectivity index (χ4v) is 5.67. The van der Waals surface area contributed by atoms with Crippen molar-refractivity contribution in [2.45, 2.75) is 49.6 Å². The van der Waals surface area contributed by atoms with Crippen molar-refractivity contribution in [2.24, 2.45) is 0 Å². The van der Waals surface area contributed by atoms with E-state index in [0.717, 1.165) is 61.3 Å². The summed E-state index contributed by atoms with van der Waals surface area (Å²) in [5, 5.41) is 17.4. The number of nitriles is 1. The Morgan fingerprint density at radius 1 is 1.15 bits per heavy atom. The lowest BCUT2D eigenvalue weighted by Crippen LogP contribution is -2.55. The van der Waals surface area contributed by atoms with Crippen LogP contribution in [0.4, 0.5) is 10.6 Å². The highest BCUT2D eigenvalue weighted by Crippen LogP contribution is 2.45. The molecule has 1 saturated heterocycles. The summed E-state index contributed by atoms with van der Waals surface area (Å²) in [5.41, 5.74) is 9.33. The van der Waals surface area contributed by atoms with Gasteiger partial charge in [-0.25, -0.2) is 9.78 Å². The Hall–Kier alpha value is -3.93. The zero-order chi connectivity index (χ0) is 23.3. The van der Waals surface area contributed by atoms with Crippen LogP contribution in [0.1, 0.15) is 49.1 Å². The number of nitrogens with zero attached hydrogens (tertiary/aromatic N) is 6. The topological polar surface area (TPSA) is 126 Å². The first kappa shape index (κ1) is 20.7. The van der Waals surface area contributed by atoms with Gasteiger partial charge in [0.2, 0.25) is 0 Å². The first-order valence-electron chi connectivity index (χ1n) is 11.7. The van der Waals surface area contributed by atoms with E-state index in [1.165, 1.54) is 0 Å². The van der Waals surface area contributed by atoms with Crippen LogP contribution in [-0.4, -0.2) is 43.8 Å². The number of nitrogens with two attached hydrogens (primary N) is 1. The number of aryl methyl sites for hydroxylation is 1. The molecule has 0 radical (unpaired) electrons. The number of carbonyl (C=O) groups excluding carboxylic acids is 1. The van der Waals surface area contributed by atoms with Gasteiger partial charge in [-0.3, -0.25) is 9.67 Å². The van der Waals surface area contributed by atoms with Gasteiger partial charge in [-0.15, -0.1) is 0 Å². The minimum Gasteiger partial charge on any atom is -0.383 e. The summed E-state index contributed by atoms with van der Waals surface area (Å²) in [6, 6.07) is 11.8. The normalized spacial score (nSPS) is 22.3. The van der Waals surface area contributed by atoms with Crippen LogP contribution in [0.15, 0.2) is 42.7 Å². The molecule has 0 bridgehead atoms. The standard InChI is InChI=1S/C25H26N8O/c26-14-17-12-18(15-29-22(17)27)19-13-21-24(8-11-33(21)31-19)7-10-32(16-24)23(34)30-25(5-3-6-25)20-4-1-2-9-28-20/h1-2,4,9,12-13,15H,3,5-8,10-11,16H2,(H2,27,29)(H,30,34)/t24-/m1/s1. The van der Waals surface area contributed by atoms with E-state index in [1.807, 2.05) is 27.8 Å². The second-order valence-corrected chi connectivity index (χ2v) is 9.69. The van der Waals surface area contributed by atoms with Gasteiger partial charge in [-0.05, 0) is 56.4 Å². The molecule has 3 N–H and O–H groups in total. The molecule has 2 aliphatic heterocycles. The maximum atomic E-state index is 13.3. The fraction of sp³-hybridized carbons (Fsp3) is 0.400. The lowest BCUT2D eigenvalue weighted by atomic mass is 9.74. The number of rotatable bonds is 3. The third kappa shape index (κ3) is 3.13. The number of anilines is 1. The average molecular weight is 455 g/mol. The molecule has 2 fully saturated rings. The van der Waals surface area contributed by atoms with Crippen LogP contribution in [-0.2, 0) is 17.5 Å². The summed E-state index contributed by atoms with van der Waals surface area (Å²) in [6.45, 7) is 2.20. The van der Waals surface area contributed by atoms with Crippen LogP contribution >= 0.6 is 0 Å². The maximum absolute atomic E-state index is 13.3. The van der Waals surface area contributed by atoms with Crippen LogP contribution in [0.2, 0.25) is 0 Å². The van der Waals surface area contributed by atoms with Gasteiger partial charge in [-0.1, -0.05) is 6.07 Å². The molecule has 9 nitrogen and oxygen atoms in total. The lowest BCUT2D eigenvalue weighted by Gasteiger charge is -2.42. The third-order valence-electron chi connectivity index (χ3n) is 7.81. The highest BCUT2D eigenvalue weighted by Gasteiger charge is 2.49. The minimum atomic E-state index is -0.348. The molecule has 3 aliphatic rings. The molecule has 34 heavy (non-hydrogen) atoms. The van der Waals surface area contributed by atoms with E-state index >= 15 is 0 Å². The summed E-state index contributed by atoms with van der Waals surface area (Å²) in [5.74, 6) is 0.224. The van der Waals surface area contributed by atoms with E-state index in [1.54, 1.807) is 18.5 Å². The molecular weight excluding hydrogens is 428 g/mol. The summed E-state index contributed by atoms with van der Waals surface area (Å²) in [4.78, 5) is 23.9. The highest BCUT2D eigenvalue weighted by molar-refractivity contribution is 5.76. The predicted molar refractivity (Wildman–Crippen MR) is 125 cm³/mol. The van der Waals surface area contributed by atoms with E-state index in [0.29, 0.717) is 18.7 Å². The van der Waals surface area contributed by atoms with Gasteiger partial charge in [0.15, 0.2) is 0 Å². The van der Waals surface area contributed by atoms with Crippen LogP contribution in [0, 0.1) is 11.3 Å². The molecule has 6 rings (SSSR count). The second-order valence-electron chi connectivity index (χ2n) is 9.69. The van der Waals surface area contributed by atoms with Crippen LogP contribution in [0.5, 0.6) is 0 Å². The Bertz CT molecular complexity index is 1310. The number of aromatic nitrogens is 4. The summed E-state index contributed by atoms with van der Waals surface area (Å²) >= 11 is 0. The summed E-state index contributed by atoms with van der Waals surface area (Å²) in [6.07, 6.45) is 8.26. The number of hydrogen-bond acceptors (Lipinski definition) is 6. The summed E-state index contributed by atoms with van der Waals surface area (Å²) < 4.78 is 2.04. The van der Waals surface area contributed by atoms with Gasteiger partial charge in [0.25, 0.3) is 0 Å². The Balaban J connectivity index is 1.22. The Labute approximate surface area is 197 Å². The zero-order valence-electron chi connectivity index (χ0n) is 18.9. The summed E-state index contributed by atoms with van der Waals surface area (Å²) in [7, 11) is 0. The number of pyridine rings is 2. The number of nitrogens with one attached hydrogen (secondary N) is 1. The molecule has 0 unspecified atom stereocenters. The molecule has 1 saturated carbocycles. The predicted octanol–water partition coefficient (Wildman–Crippen LogP) is 2.93. The van der Waals surface area contributed by atoms with Crippen molar-refractivity contribution in [2.75, 3.05) is 18.8 Å². The lowest BCUT2D eigenvalue weighted by molar-refractivity contribution is 0.151. The van der Waals surface area contributed by atoms with Crippen molar-refractivity contribution in [3.63, 3.8) is 0 Å². The number of urea groups is 1. The smallest absolute Gasteiger partial charge is 0.318 e. The van der Waals surface area contributed by atoms with Crippen molar-refractivity contribution in [1.82, 2.24) is 30.0 Å². The molecular formula is C25H26N8O. The Morgan fingerprint density at radius 3 is 2.74 bits per heavy atom. The quantitative estimate of drug-likeness (QED) is 0.627. The van der Waals surface area contributed by atoms with E-state index in [9.17, 15) is 10.1 Å². The molecule has 0 aromatic carbocycles. The molecule has 9 heteroatoms. The second kappa shape index (κ2) is 7.55. The minimum absolute atomic E-state index is 0.0122. The molecule has 2 amide bonds. The molecule has 3 aromatic heterocycles. The van der Waals surface area contributed by atoms with Gasteiger partial charge < -0.3 is 16.0 Å². The highest BCUT2D eigenvalue weighted by atomic mass is 16.2. The van der Waals surface area contributed by atoms with Gasteiger partial charge in [0.1, 0.15) is 11.9 Å². The first-order chi connectivity index (χ1) is 16.5. The van der Waals surface area contributed by atoms with Crippen molar-refractivity contribution >= 4 is 11.8 Å². The van der Waals surface area contributed by atoms with Crippen molar-refractivity contribution in [1.29, 1.82) is 5.26 Å². The van der Waals surface area contributed by atoms with Crippen LogP contribution < -0.4 is 11.1 Å². The maximum Gasteiger partial charge on any atom is 0.318 e. The van der Waals surface area contributed by atoms with E-state index in [-0.39, 0.29) is 22.8 Å². The monoisotopic (exact) mass is 454 g/mol. The third-order valence-corrected chi connectivity index (χ3v) is 7.81. The number of fused-ring (bicyclic) bond motifs is 2. The molecule has 172 valence electrons. The van der Waals surface area contributed by atoms with Crippen LogP contribution in [0.3, 0.4) is 0 Å². The van der Waals surface area contributed by atoms with Gasteiger partial charge in [-0.2, -0.15) is 10.4 Å². The van der Waals surface area contributed by atoms with Gasteiger partial charge in [0.05, 0.1) is 22.5 Å². The molecule has 1 spiro atoms. The van der Waals surface area contributed by atoms with E-state index < -0.39 is 0 Å². The zero-order valence-corrected chi connectivity index (χ0v) is 18.9. The number of likely N-dealkylation sites (tertiary alicyclic amines) is 1. The SMILES string of the molecule is N#Cc1cc(-c2cc3n(n2)CC[C@@]32CCN(C(=O)NC3(c4ccccn4)CCC3)C2)cnc1N. The van der Waals surface area contributed by atoms with Crippen molar-refractivity contribution in [3.05, 3.63) is 59.7 Å². The van der Waals surface area contributed by atoms with Crippen LogP contribution in [0.25, 0.3) is 11.3 Å². The van der Waals surface area contributed by atoms with E-state index in [2.05, 4.69) is 27.4 Å².